The number of ketones is 1. The lowest BCUT2D eigenvalue weighted by atomic mass is 10.1. The second-order valence-electron chi connectivity index (χ2n) is 8.45. The Bertz CT molecular complexity index is 1110. The normalized spacial score (nSPS) is 18.4. The highest BCUT2D eigenvalue weighted by Gasteiger charge is 2.36. The first-order valence-corrected chi connectivity index (χ1v) is 11.8. The number of benzene rings is 2. The summed E-state index contributed by atoms with van der Waals surface area (Å²) >= 11 is 5.94. The van der Waals surface area contributed by atoms with Gasteiger partial charge in [-0.25, -0.2) is 8.42 Å². The van der Waals surface area contributed by atoms with Crippen molar-refractivity contribution in [1.29, 1.82) is 0 Å². The third kappa shape index (κ3) is 5.51. The van der Waals surface area contributed by atoms with Crippen LogP contribution in [0.1, 0.15) is 36.7 Å². The fourth-order valence-corrected chi connectivity index (χ4v) is 4.87. The first kappa shape index (κ1) is 23.4. The molecule has 1 aliphatic heterocycles. The van der Waals surface area contributed by atoms with Gasteiger partial charge in [-0.1, -0.05) is 23.7 Å². The van der Waals surface area contributed by atoms with Gasteiger partial charge < -0.3 is 15.4 Å². The van der Waals surface area contributed by atoms with Crippen molar-refractivity contribution in [3.8, 4) is 0 Å². The molecule has 1 aliphatic rings. The van der Waals surface area contributed by atoms with E-state index in [1.807, 2.05) is 20.8 Å². The van der Waals surface area contributed by atoms with Gasteiger partial charge in [-0.15, -0.1) is 0 Å². The van der Waals surface area contributed by atoms with Crippen molar-refractivity contribution in [2.75, 3.05) is 17.3 Å². The van der Waals surface area contributed by atoms with Gasteiger partial charge in [0.15, 0.2) is 15.6 Å². The zero-order valence-electron chi connectivity index (χ0n) is 17.6. The van der Waals surface area contributed by atoms with Gasteiger partial charge in [0.05, 0.1) is 34.5 Å². The van der Waals surface area contributed by atoms with Crippen molar-refractivity contribution in [2.45, 2.75) is 43.9 Å². The summed E-state index contributed by atoms with van der Waals surface area (Å²) in [4.78, 5) is 26.9. The van der Waals surface area contributed by atoms with Crippen molar-refractivity contribution in [3.05, 3.63) is 58.6 Å². The monoisotopic (exact) mass is 464 g/mol. The van der Waals surface area contributed by atoms with Crippen molar-refractivity contribution in [1.82, 2.24) is 0 Å². The molecule has 0 spiro atoms. The Labute approximate surface area is 187 Å². The van der Waals surface area contributed by atoms with Crippen LogP contribution in [-0.2, 0) is 25.9 Å². The average Bonchev–Trinajstić information content (AvgIpc) is 2.75. The van der Waals surface area contributed by atoms with E-state index in [1.54, 1.807) is 24.3 Å². The van der Waals surface area contributed by atoms with Gasteiger partial charge >= 0.3 is 0 Å². The van der Waals surface area contributed by atoms with E-state index in [4.69, 9.17) is 22.1 Å². The van der Waals surface area contributed by atoms with Gasteiger partial charge in [0.1, 0.15) is 6.61 Å². The molecule has 0 aromatic heterocycles. The number of nitrogens with zero attached hydrogens (tertiary/aromatic N) is 1. The first-order valence-electron chi connectivity index (χ1n) is 9.73. The molecule has 166 valence electrons. The molecule has 0 saturated carbocycles. The number of rotatable bonds is 5. The van der Waals surface area contributed by atoms with Crippen LogP contribution in [0.3, 0.4) is 0 Å². The lowest BCUT2D eigenvalue weighted by molar-refractivity contribution is -0.119. The number of anilines is 1. The lowest BCUT2D eigenvalue weighted by Gasteiger charge is -2.25. The van der Waals surface area contributed by atoms with E-state index >= 15 is 0 Å². The largest absolute Gasteiger partial charge is 0.368 e. The number of halogens is 1. The SMILES string of the molecule is CC(C)(C)OCC(=O)c1ccc2c(c1)N(Cc1ccc(Cl)cc1)C(=O)[C@@H](N)CS2(=O)=O. The van der Waals surface area contributed by atoms with Crippen LogP contribution in [0, 0.1) is 0 Å². The summed E-state index contributed by atoms with van der Waals surface area (Å²) in [5.74, 6) is -1.36. The van der Waals surface area contributed by atoms with E-state index in [-0.39, 0.29) is 35.1 Å². The number of nitrogens with two attached hydrogens (primary N) is 1. The Kier molecular flexibility index (Phi) is 6.57. The molecule has 1 atom stereocenters. The van der Waals surface area contributed by atoms with Crippen LogP contribution < -0.4 is 10.6 Å². The van der Waals surface area contributed by atoms with Crippen LogP contribution >= 0.6 is 11.6 Å². The summed E-state index contributed by atoms with van der Waals surface area (Å²) in [5, 5.41) is 0.539. The maximum atomic E-state index is 13.0. The maximum Gasteiger partial charge on any atom is 0.245 e. The van der Waals surface area contributed by atoms with Crippen molar-refractivity contribution < 1.29 is 22.7 Å². The predicted octanol–water partition coefficient (Wildman–Crippen LogP) is 2.99. The fraction of sp³-hybridized carbons (Fsp3) is 0.364. The molecule has 0 aliphatic carbocycles. The number of amides is 1. The minimum absolute atomic E-state index is 0.0314. The van der Waals surface area contributed by atoms with E-state index in [9.17, 15) is 18.0 Å². The van der Waals surface area contributed by atoms with Gasteiger partial charge in [0.2, 0.25) is 5.91 Å². The van der Waals surface area contributed by atoms with Crippen molar-refractivity contribution >= 4 is 38.8 Å². The second kappa shape index (κ2) is 8.70. The standard InChI is InChI=1S/C22H25ClN2O5S/c1-22(2,3)30-12-19(26)15-6-9-20-18(10-15)25(11-14-4-7-16(23)8-5-14)21(27)17(24)13-31(20,28)29/h4-10,17H,11-13,24H2,1-3H3/t17-/m0/s1. The Hall–Kier alpha value is -2.26. The zero-order valence-corrected chi connectivity index (χ0v) is 19.2. The van der Waals surface area contributed by atoms with Gasteiger partial charge in [-0.2, -0.15) is 0 Å². The van der Waals surface area contributed by atoms with Crippen molar-refractivity contribution in [3.63, 3.8) is 0 Å². The van der Waals surface area contributed by atoms with Crippen LogP contribution in [0.4, 0.5) is 5.69 Å². The molecule has 3 rings (SSSR count). The van der Waals surface area contributed by atoms with Gasteiger partial charge in [-0.05, 0) is 56.7 Å². The van der Waals surface area contributed by atoms with E-state index in [0.717, 1.165) is 5.56 Å². The highest BCUT2D eigenvalue weighted by molar-refractivity contribution is 7.91. The number of sulfone groups is 1. The van der Waals surface area contributed by atoms with E-state index in [2.05, 4.69) is 0 Å². The van der Waals surface area contributed by atoms with E-state index < -0.39 is 33.1 Å². The molecule has 2 aromatic rings. The fourth-order valence-electron chi connectivity index (χ4n) is 3.18. The van der Waals surface area contributed by atoms with Crippen molar-refractivity contribution in [2.24, 2.45) is 5.73 Å². The van der Waals surface area contributed by atoms with E-state index in [1.165, 1.54) is 23.1 Å². The lowest BCUT2D eigenvalue weighted by Crippen LogP contribution is -2.45. The molecule has 9 heteroatoms. The highest BCUT2D eigenvalue weighted by Crippen LogP contribution is 2.33. The number of fused-ring (bicyclic) bond motifs is 1. The Morgan fingerprint density at radius 2 is 1.84 bits per heavy atom. The molecule has 7 nitrogen and oxygen atoms in total. The average molecular weight is 465 g/mol. The van der Waals surface area contributed by atoms with Crippen LogP contribution in [0.5, 0.6) is 0 Å². The summed E-state index contributed by atoms with van der Waals surface area (Å²) in [6.45, 7) is 5.41. The maximum absolute atomic E-state index is 13.0. The molecule has 2 aromatic carbocycles. The number of carbonyl (C=O) groups is 2. The molecular weight excluding hydrogens is 440 g/mol. The third-order valence-corrected chi connectivity index (χ3v) is 6.84. The minimum Gasteiger partial charge on any atom is -0.368 e. The van der Waals surface area contributed by atoms with Crippen LogP contribution in [0.15, 0.2) is 47.4 Å². The van der Waals surface area contributed by atoms with Crippen LogP contribution in [0.25, 0.3) is 0 Å². The number of ether oxygens (including phenoxy) is 1. The summed E-state index contributed by atoms with van der Waals surface area (Å²) in [6.07, 6.45) is 0. The summed E-state index contributed by atoms with van der Waals surface area (Å²) in [6, 6.07) is 9.85. The molecule has 2 N–H and O–H groups in total. The Balaban J connectivity index is 2.05. The Morgan fingerprint density at radius 3 is 2.45 bits per heavy atom. The number of Topliss-reactive ketones (excluding diaryl/α,β-unsaturated/α-hetero) is 1. The molecule has 31 heavy (non-hydrogen) atoms. The number of hydrogen-bond acceptors (Lipinski definition) is 6. The minimum atomic E-state index is -3.82. The molecular formula is C22H25ClN2O5S. The first-order chi connectivity index (χ1) is 14.4. The topological polar surface area (TPSA) is 107 Å². The predicted molar refractivity (Wildman–Crippen MR) is 119 cm³/mol. The number of hydrogen-bond donors (Lipinski definition) is 1. The molecule has 1 heterocycles. The molecule has 0 fully saturated rings. The third-order valence-electron chi connectivity index (χ3n) is 4.78. The van der Waals surface area contributed by atoms with Crippen LogP contribution in [-0.4, -0.2) is 44.1 Å². The quantitative estimate of drug-likeness (QED) is 0.681. The molecule has 1 amide bonds. The summed E-state index contributed by atoms with van der Waals surface area (Å²) in [5.41, 5.74) is 6.54. The summed E-state index contributed by atoms with van der Waals surface area (Å²) < 4.78 is 31.2. The number of carbonyl (C=O) groups excluding carboxylic acids is 2. The summed E-state index contributed by atoms with van der Waals surface area (Å²) in [7, 11) is -3.82. The molecule has 0 saturated heterocycles. The Morgan fingerprint density at radius 1 is 1.19 bits per heavy atom. The van der Waals surface area contributed by atoms with Crippen LogP contribution in [0.2, 0.25) is 5.02 Å². The smallest absolute Gasteiger partial charge is 0.245 e. The zero-order chi connectivity index (χ0) is 23.0. The van der Waals surface area contributed by atoms with Gasteiger partial charge in [0.25, 0.3) is 0 Å². The van der Waals surface area contributed by atoms with E-state index in [0.29, 0.717) is 5.02 Å². The van der Waals surface area contributed by atoms with Gasteiger partial charge in [-0.3, -0.25) is 9.59 Å². The highest BCUT2D eigenvalue weighted by atomic mass is 35.5. The molecule has 0 unspecified atom stereocenters. The van der Waals surface area contributed by atoms with Gasteiger partial charge in [0, 0.05) is 10.6 Å². The second-order valence-corrected chi connectivity index (χ2v) is 10.9. The molecule has 0 bridgehead atoms. The molecule has 0 radical (unpaired) electrons.